The maximum atomic E-state index is 11.6. The predicted molar refractivity (Wildman–Crippen MR) is 63.9 cm³/mol. The second-order valence-electron chi connectivity index (χ2n) is 4.63. The summed E-state index contributed by atoms with van der Waals surface area (Å²) in [5, 5.41) is 0. The molecule has 0 aliphatic rings. The highest BCUT2D eigenvalue weighted by atomic mass is 16.1. The number of Topliss-reactive ketones (excluding diaryl/α,β-unsaturated/α-hetero) is 1. The molecule has 0 saturated heterocycles. The summed E-state index contributed by atoms with van der Waals surface area (Å²) in [6, 6.07) is 10.1. The van der Waals surface area contributed by atoms with Gasteiger partial charge in [-0.3, -0.25) is 4.79 Å². The number of hydrogen-bond donors (Lipinski definition) is 0. The van der Waals surface area contributed by atoms with Crippen molar-refractivity contribution in [2.75, 3.05) is 0 Å². The van der Waals surface area contributed by atoms with E-state index in [9.17, 15) is 4.79 Å². The van der Waals surface area contributed by atoms with Crippen molar-refractivity contribution in [3.05, 3.63) is 48.0 Å². The molecule has 0 aromatic heterocycles. The van der Waals surface area contributed by atoms with Crippen LogP contribution in [0.25, 0.3) is 0 Å². The standard InChI is InChI=1S/C14H18O/c1-11(2)13(15)10-14(3,4)12-8-6-5-7-9-12/h5-9H,1,10H2,2-4H3. The van der Waals surface area contributed by atoms with Gasteiger partial charge in [0.2, 0.25) is 0 Å². The molecule has 15 heavy (non-hydrogen) atoms. The van der Waals surface area contributed by atoms with Crippen LogP contribution in [0.15, 0.2) is 42.5 Å². The Morgan fingerprint density at radius 3 is 2.27 bits per heavy atom. The molecule has 0 heterocycles. The maximum Gasteiger partial charge on any atom is 0.158 e. The number of carbonyl (C=O) groups excluding carboxylic acids is 1. The van der Waals surface area contributed by atoms with Gasteiger partial charge in [0, 0.05) is 6.42 Å². The second-order valence-corrected chi connectivity index (χ2v) is 4.63. The first kappa shape index (κ1) is 11.7. The summed E-state index contributed by atoms with van der Waals surface area (Å²) in [6.07, 6.45) is 0.520. The van der Waals surface area contributed by atoms with E-state index in [2.05, 4.69) is 32.6 Å². The Kier molecular flexibility index (Phi) is 3.46. The minimum atomic E-state index is -0.114. The van der Waals surface area contributed by atoms with Crippen molar-refractivity contribution < 1.29 is 4.79 Å². The Bertz CT molecular complexity index is 360. The Hall–Kier alpha value is -1.37. The lowest BCUT2D eigenvalue weighted by Crippen LogP contribution is -2.22. The molecule has 0 aliphatic heterocycles. The number of allylic oxidation sites excluding steroid dienone is 1. The minimum absolute atomic E-state index is 0.114. The fraction of sp³-hybridized carbons (Fsp3) is 0.357. The molecule has 1 aromatic carbocycles. The second kappa shape index (κ2) is 4.43. The van der Waals surface area contributed by atoms with Gasteiger partial charge in [0.15, 0.2) is 5.78 Å². The van der Waals surface area contributed by atoms with Crippen LogP contribution in [-0.2, 0) is 10.2 Å². The van der Waals surface area contributed by atoms with Crippen LogP contribution in [0.3, 0.4) is 0 Å². The number of rotatable bonds is 4. The van der Waals surface area contributed by atoms with Gasteiger partial charge in [-0.25, -0.2) is 0 Å². The van der Waals surface area contributed by atoms with Crippen LogP contribution in [0.1, 0.15) is 32.8 Å². The Labute approximate surface area is 91.8 Å². The summed E-state index contributed by atoms with van der Waals surface area (Å²) in [6.45, 7) is 9.62. The van der Waals surface area contributed by atoms with E-state index in [0.29, 0.717) is 12.0 Å². The van der Waals surface area contributed by atoms with Crippen molar-refractivity contribution in [2.24, 2.45) is 0 Å². The van der Waals surface area contributed by atoms with E-state index < -0.39 is 0 Å². The van der Waals surface area contributed by atoms with Gasteiger partial charge in [-0.1, -0.05) is 50.8 Å². The number of carbonyl (C=O) groups is 1. The molecule has 1 aromatic rings. The van der Waals surface area contributed by atoms with Crippen molar-refractivity contribution in [3.8, 4) is 0 Å². The summed E-state index contributed by atoms with van der Waals surface area (Å²) in [5.74, 6) is 0.142. The largest absolute Gasteiger partial charge is 0.295 e. The summed E-state index contributed by atoms with van der Waals surface area (Å²) < 4.78 is 0. The highest BCUT2D eigenvalue weighted by molar-refractivity contribution is 5.94. The monoisotopic (exact) mass is 202 g/mol. The molecule has 0 unspecified atom stereocenters. The Balaban J connectivity index is 2.85. The predicted octanol–water partition coefficient (Wildman–Crippen LogP) is 3.50. The number of ketones is 1. The van der Waals surface area contributed by atoms with Gasteiger partial charge in [0.1, 0.15) is 0 Å². The van der Waals surface area contributed by atoms with Crippen molar-refractivity contribution in [2.45, 2.75) is 32.6 Å². The zero-order chi connectivity index (χ0) is 11.5. The molecule has 1 heteroatoms. The van der Waals surface area contributed by atoms with E-state index >= 15 is 0 Å². The summed E-state index contributed by atoms with van der Waals surface area (Å²) >= 11 is 0. The molecule has 0 spiro atoms. The molecule has 0 fully saturated rings. The quantitative estimate of drug-likeness (QED) is 0.683. The maximum absolute atomic E-state index is 11.6. The van der Waals surface area contributed by atoms with Gasteiger partial charge in [-0.15, -0.1) is 0 Å². The minimum Gasteiger partial charge on any atom is -0.295 e. The third kappa shape index (κ3) is 3.05. The highest BCUT2D eigenvalue weighted by Crippen LogP contribution is 2.27. The molecule has 0 atom stereocenters. The fourth-order valence-electron chi connectivity index (χ4n) is 1.54. The first-order chi connectivity index (χ1) is 6.93. The topological polar surface area (TPSA) is 17.1 Å². The lowest BCUT2D eigenvalue weighted by molar-refractivity contribution is -0.116. The molecular weight excluding hydrogens is 184 g/mol. The zero-order valence-electron chi connectivity index (χ0n) is 9.71. The van der Waals surface area contributed by atoms with E-state index in [4.69, 9.17) is 0 Å². The number of hydrogen-bond acceptors (Lipinski definition) is 1. The average Bonchev–Trinajstić information content (AvgIpc) is 2.18. The fourth-order valence-corrected chi connectivity index (χ4v) is 1.54. The van der Waals surface area contributed by atoms with Gasteiger partial charge in [0.05, 0.1) is 0 Å². The van der Waals surface area contributed by atoms with Crippen LogP contribution in [0, 0.1) is 0 Å². The lowest BCUT2D eigenvalue weighted by atomic mass is 9.79. The van der Waals surface area contributed by atoms with Gasteiger partial charge >= 0.3 is 0 Å². The van der Waals surface area contributed by atoms with Crippen LogP contribution in [-0.4, -0.2) is 5.78 Å². The summed E-state index contributed by atoms with van der Waals surface area (Å²) in [7, 11) is 0. The van der Waals surface area contributed by atoms with Crippen molar-refractivity contribution >= 4 is 5.78 Å². The molecule has 0 N–H and O–H groups in total. The van der Waals surface area contributed by atoms with Crippen LogP contribution < -0.4 is 0 Å². The molecule has 1 rings (SSSR count). The first-order valence-corrected chi connectivity index (χ1v) is 5.18. The van der Waals surface area contributed by atoms with E-state index in [1.165, 1.54) is 5.56 Å². The molecule has 0 radical (unpaired) electrons. The van der Waals surface area contributed by atoms with E-state index in [1.807, 2.05) is 18.2 Å². The zero-order valence-corrected chi connectivity index (χ0v) is 9.71. The molecule has 1 nitrogen and oxygen atoms in total. The van der Waals surface area contributed by atoms with E-state index in [0.717, 1.165) is 0 Å². The smallest absolute Gasteiger partial charge is 0.158 e. The molecule has 0 bridgehead atoms. The van der Waals surface area contributed by atoms with E-state index in [1.54, 1.807) is 6.92 Å². The first-order valence-electron chi connectivity index (χ1n) is 5.18. The van der Waals surface area contributed by atoms with E-state index in [-0.39, 0.29) is 11.2 Å². The van der Waals surface area contributed by atoms with Gasteiger partial charge in [0.25, 0.3) is 0 Å². The van der Waals surface area contributed by atoms with Gasteiger partial charge < -0.3 is 0 Å². The Morgan fingerprint density at radius 2 is 1.80 bits per heavy atom. The van der Waals surface area contributed by atoms with Crippen LogP contribution in [0.2, 0.25) is 0 Å². The third-order valence-corrected chi connectivity index (χ3v) is 2.63. The van der Waals surface area contributed by atoms with Crippen molar-refractivity contribution in [1.29, 1.82) is 0 Å². The average molecular weight is 202 g/mol. The van der Waals surface area contributed by atoms with Crippen LogP contribution in [0.4, 0.5) is 0 Å². The molecule has 0 aliphatic carbocycles. The van der Waals surface area contributed by atoms with Gasteiger partial charge in [-0.2, -0.15) is 0 Å². The highest BCUT2D eigenvalue weighted by Gasteiger charge is 2.23. The SMILES string of the molecule is C=C(C)C(=O)CC(C)(C)c1ccccc1. The molecule has 0 amide bonds. The summed E-state index contributed by atoms with van der Waals surface area (Å²) in [4.78, 5) is 11.6. The van der Waals surface area contributed by atoms with Crippen molar-refractivity contribution in [3.63, 3.8) is 0 Å². The van der Waals surface area contributed by atoms with Crippen molar-refractivity contribution in [1.82, 2.24) is 0 Å². The Morgan fingerprint density at radius 1 is 1.27 bits per heavy atom. The molecular formula is C14H18O. The third-order valence-electron chi connectivity index (χ3n) is 2.63. The molecule has 0 saturated carbocycles. The lowest BCUT2D eigenvalue weighted by Gasteiger charge is -2.24. The molecule has 80 valence electrons. The normalized spacial score (nSPS) is 11.1. The summed E-state index contributed by atoms with van der Waals surface area (Å²) in [5.41, 5.74) is 1.72. The van der Waals surface area contributed by atoms with Gasteiger partial charge in [-0.05, 0) is 23.5 Å². The van der Waals surface area contributed by atoms with Crippen LogP contribution >= 0.6 is 0 Å². The van der Waals surface area contributed by atoms with Crippen LogP contribution in [0.5, 0.6) is 0 Å². The number of benzene rings is 1.